The van der Waals surface area contributed by atoms with Crippen LogP contribution in [0.3, 0.4) is 0 Å². The van der Waals surface area contributed by atoms with E-state index in [1.165, 1.54) is 108 Å². The Morgan fingerprint density at radius 2 is 1.04 bits per heavy atom. The number of nitrogens with zero attached hydrogens (tertiary/aromatic N) is 1. The quantitative estimate of drug-likeness (QED) is 0.171. The predicted octanol–water partition coefficient (Wildman–Crippen LogP) is 6.24. The smallest absolute Gasteiger partial charge is 0.143 e. The van der Waals surface area contributed by atoms with Gasteiger partial charge in [0.1, 0.15) is 8.77 Å². The van der Waals surface area contributed by atoms with E-state index in [2.05, 4.69) is 20.8 Å². The van der Waals surface area contributed by atoms with E-state index >= 15 is 0 Å². The van der Waals surface area contributed by atoms with Gasteiger partial charge in [-0.2, -0.15) is 0 Å². The van der Waals surface area contributed by atoms with Crippen molar-refractivity contribution in [2.45, 2.75) is 104 Å². The van der Waals surface area contributed by atoms with E-state index in [1.807, 2.05) is 0 Å². The van der Waals surface area contributed by atoms with Gasteiger partial charge in [0, 0.05) is 17.6 Å². The highest BCUT2D eigenvalue weighted by atomic mass is 32.8. The van der Waals surface area contributed by atoms with Gasteiger partial charge in [-0.1, -0.05) is 59.3 Å². The zero-order valence-electron chi connectivity index (χ0n) is 18.8. The Morgan fingerprint density at radius 1 is 0.667 bits per heavy atom. The maximum absolute atomic E-state index is 12.1. The lowest BCUT2D eigenvalue weighted by atomic mass is 10.1. The zero-order chi connectivity index (χ0) is 20.4. The van der Waals surface area contributed by atoms with Crippen LogP contribution in [0, 0.1) is 0 Å². The molecule has 0 saturated carbocycles. The summed E-state index contributed by atoms with van der Waals surface area (Å²) >= 11 is 5.10. The van der Waals surface area contributed by atoms with Crippen LogP contribution in [-0.4, -0.2) is 47.7 Å². The van der Waals surface area contributed by atoms with Crippen LogP contribution < -0.4 is 0 Å². The van der Waals surface area contributed by atoms with Crippen molar-refractivity contribution in [3.63, 3.8) is 0 Å². The van der Waals surface area contributed by atoms with E-state index < -0.39 is 8.77 Å². The lowest BCUT2D eigenvalue weighted by Crippen LogP contribution is -2.51. The molecule has 0 aliphatic rings. The number of rotatable bonds is 20. The monoisotopic (exact) mass is 422 g/mol. The number of hydrogen-bond donors (Lipinski definition) is 0. The molecule has 0 aliphatic heterocycles. The summed E-state index contributed by atoms with van der Waals surface area (Å²) in [4.78, 5) is 0. The van der Waals surface area contributed by atoms with E-state index in [4.69, 9.17) is 15.4 Å². The molecule has 0 aliphatic carbocycles. The summed E-state index contributed by atoms with van der Waals surface area (Å²) in [6.07, 6.45) is 16.8. The van der Waals surface area contributed by atoms with Gasteiger partial charge in [0.2, 0.25) is 0 Å². The molecular formula is C22H48NO2S2+. The van der Waals surface area contributed by atoms with Crippen molar-refractivity contribution in [1.82, 2.24) is 0 Å². The number of hydrogen-bond acceptors (Lipinski definition) is 3. The van der Waals surface area contributed by atoms with Gasteiger partial charge in [0.05, 0.1) is 39.0 Å². The van der Waals surface area contributed by atoms with Crippen LogP contribution >= 0.6 is 0 Å². The van der Waals surface area contributed by atoms with Crippen LogP contribution in [0.5, 0.6) is 0 Å². The second-order valence-electron chi connectivity index (χ2n) is 8.20. The lowest BCUT2D eigenvalue weighted by molar-refractivity contribution is -0.928. The van der Waals surface area contributed by atoms with Crippen molar-refractivity contribution < 1.29 is 12.9 Å². The fourth-order valence-electron chi connectivity index (χ4n) is 3.95. The Bertz CT molecular complexity index is 393. The molecule has 3 nitrogen and oxygen atoms in total. The first-order chi connectivity index (χ1) is 12.9. The second-order valence-corrected chi connectivity index (χ2v) is 11.6. The van der Waals surface area contributed by atoms with Crippen molar-refractivity contribution in [3.8, 4) is 0 Å². The highest BCUT2D eigenvalue weighted by Gasteiger charge is 2.26. The summed E-state index contributed by atoms with van der Waals surface area (Å²) in [6, 6.07) is 0. The summed E-state index contributed by atoms with van der Waals surface area (Å²) in [7, 11) is -1.02. The van der Waals surface area contributed by atoms with Gasteiger partial charge in [-0.25, -0.2) is 4.21 Å². The van der Waals surface area contributed by atoms with Crippen molar-refractivity contribution in [2.75, 3.05) is 39.0 Å². The lowest BCUT2D eigenvalue weighted by Gasteiger charge is -2.39. The van der Waals surface area contributed by atoms with Crippen LogP contribution in [0.15, 0.2) is 0 Å². The van der Waals surface area contributed by atoms with Gasteiger partial charge in [0.25, 0.3) is 0 Å². The summed E-state index contributed by atoms with van der Waals surface area (Å²) < 4.78 is 18.4. The first kappa shape index (κ1) is 27.3. The number of quaternary nitrogens is 1. The molecule has 0 fully saturated rings. The molecule has 27 heavy (non-hydrogen) atoms. The average Bonchev–Trinajstić information content (AvgIpc) is 2.66. The van der Waals surface area contributed by atoms with Gasteiger partial charge in [-0.05, 0) is 38.5 Å². The molecule has 1 atom stereocenters. The second kappa shape index (κ2) is 17.2. The van der Waals surface area contributed by atoms with E-state index in [1.54, 1.807) is 0 Å². The van der Waals surface area contributed by atoms with Crippen molar-refractivity contribution >= 4 is 20.0 Å². The van der Waals surface area contributed by atoms with Gasteiger partial charge in [0.15, 0.2) is 0 Å². The molecule has 0 saturated heterocycles. The third-order valence-electron chi connectivity index (χ3n) is 5.74. The fourth-order valence-corrected chi connectivity index (χ4v) is 4.96. The summed E-state index contributed by atoms with van der Waals surface area (Å²) in [6.45, 7) is 11.8. The van der Waals surface area contributed by atoms with Gasteiger partial charge >= 0.3 is 0 Å². The third-order valence-corrected chi connectivity index (χ3v) is 7.94. The topological polar surface area (TPSA) is 26.3 Å². The van der Waals surface area contributed by atoms with E-state index in [0.29, 0.717) is 5.75 Å². The molecule has 0 aromatic rings. The predicted molar refractivity (Wildman–Crippen MR) is 124 cm³/mol. The molecule has 0 bridgehead atoms. The van der Waals surface area contributed by atoms with E-state index in [-0.39, 0.29) is 0 Å². The average molecular weight is 423 g/mol. The molecule has 0 rings (SSSR count). The first-order valence-electron chi connectivity index (χ1n) is 11.6. The molecule has 1 unspecified atom stereocenters. The maximum atomic E-state index is 12.1. The molecule has 0 amide bonds. The summed E-state index contributed by atoms with van der Waals surface area (Å²) in [5.74, 6) is 0.526. The van der Waals surface area contributed by atoms with Crippen LogP contribution in [-0.2, 0) is 24.1 Å². The minimum atomic E-state index is -2.51. The number of unbranched alkanes of at least 4 members (excludes halogenated alkanes) is 9. The zero-order valence-corrected chi connectivity index (χ0v) is 20.4. The molecule has 0 aromatic carbocycles. The highest BCUT2D eigenvalue weighted by Crippen LogP contribution is 2.19. The molecule has 5 heteroatoms. The Balaban J connectivity index is 4.90. The molecule has 0 spiro atoms. The molecule has 164 valence electrons. The molecular weight excluding hydrogens is 374 g/mol. The van der Waals surface area contributed by atoms with Crippen molar-refractivity contribution in [3.05, 3.63) is 0 Å². The fraction of sp³-hybridized carbons (Fsp3) is 1.00. The summed E-state index contributed by atoms with van der Waals surface area (Å²) in [5.41, 5.74) is 0. The van der Waals surface area contributed by atoms with Crippen LogP contribution in [0.1, 0.15) is 104 Å². The van der Waals surface area contributed by atoms with Crippen molar-refractivity contribution in [1.29, 1.82) is 0 Å². The minimum absolute atomic E-state index is 0.526. The Kier molecular flexibility index (Phi) is 17.4. The van der Waals surface area contributed by atoms with Crippen molar-refractivity contribution in [2.24, 2.45) is 0 Å². The highest BCUT2D eigenvalue weighted by molar-refractivity contribution is 8.30. The molecule has 0 aromatic heterocycles. The van der Waals surface area contributed by atoms with E-state index in [0.717, 1.165) is 13.0 Å². The molecule has 0 N–H and O–H groups in total. The van der Waals surface area contributed by atoms with Gasteiger partial charge in [-0.3, -0.25) is 4.18 Å². The van der Waals surface area contributed by atoms with Gasteiger partial charge in [-0.15, -0.1) is 0 Å². The summed E-state index contributed by atoms with van der Waals surface area (Å²) in [5, 5.41) is 0. The van der Waals surface area contributed by atoms with Crippen LogP contribution in [0.4, 0.5) is 0 Å². The third kappa shape index (κ3) is 14.9. The van der Waals surface area contributed by atoms with Crippen LogP contribution in [0.25, 0.3) is 0 Å². The largest absolute Gasteiger partial charge is 0.324 e. The van der Waals surface area contributed by atoms with Gasteiger partial charge < -0.3 is 4.48 Å². The Morgan fingerprint density at radius 3 is 1.37 bits per heavy atom. The standard InChI is InChI=1S/C22H48NO2S2/c1-5-8-11-14-18-23(19-15-12-9-6-2,20-16-13-10-7-3)21-17-22-27(24,26)25-4/h5-22H2,1-4H3/q+1. The van der Waals surface area contributed by atoms with E-state index in [9.17, 15) is 4.21 Å². The first-order valence-corrected chi connectivity index (χ1v) is 14.2. The Hall–Kier alpha value is 0.290. The normalized spacial score (nSPS) is 14.4. The molecule has 0 heterocycles. The minimum Gasteiger partial charge on any atom is -0.324 e. The Labute approximate surface area is 176 Å². The maximum Gasteiger partial charge on any atom is 0.143 e. The SMILES string of the molecule is CCCCCC[N+](CCCCCC)(CCCCCC)CCCS(=O)(=S)OC. The van der Waals surface area contributed by atoms with Crippen LogP contribution in [0.2, 0.25) is 0 Å². The molecule has 0 radical (unpaired) electrons.